The lowest BCUT2D eigenvalue weighted by molar-refractivity contribution is -0.123. The highest BCUT2D eigenvalue weighted by molar-refractivity contribution is 5.78. The minimum absolute atomic E-state index is 0.0373. The lowest BCUT2D eigenvalue weighted by Gasteiger charge is -2.23. The van der Waals surface area contributed by atoms with Gasteiger partial charge >= 0.3 is 0 Å². The zero-order valence-corrected chi connectivity index (χ0v) is 13.2. The Balaban J connectivity index is 2.24. The van der Waals surface area contributed by atoms with E-state index in [0.717, 1.165) is 5.75 Å². The van der Waals surface area contributed by atoms with Crippen LogP contribution in [0.5, 0.6) is 5.75 Å². The Hall–Kier alpha value is -1.55. The molecule has 0 saturated carbocycles. The molecule has 0 aliphatic carbocycles. The first-order valence-electron chi connectivity index (χ1n) is 6.95. The lowest BCUT2D eigenvalue weighted by Crippen LogP contribution is -2.45. The van der Waals surface area contributed by atoms with E-state index in [1.807, 2.05) is 63.9 Å². The molecule has 1 aromatic carbocycles. The summed E-state index contributed by atoms with van der Waals surface area (Å²) < 4.78 is 5.64. The van der Waals surface area contributed by atoms with Crippen molar-refractivity contribution in [1.29, 1.82) is 0 Å². The van der Waals surface area contributed by atoms with Crippen LogP contribution in [0.15, 0.2) is 24.3 Å². The van der Waals surface area contributed by atoms with E-state index in [1.54, 1.807) is 0 Å². The van der Waals surface area contributed by atoms with E-state index in [2.05, 4.69) is 5.32 Å². The summed E-state index contributed by atoms with van der Waals surface area (Å²) in [6.45, 7) is 9.65. The number of aryl methyl sites for hydroxylation is 1. The number of benzene rings is 1. The minimum Gasteiger partial charge on any atom is -0.492 e. The fraction of sp³-hybridized carbons (Fsp3) is 0.562. The maximum Gasteiger partial charge on any atom is 0.234 e. The molecule has 20 heavy (non-hydrogen) atoms. The molecule has 1 amide bonds. The van der Waals surface area contributed by atoms with Crippen LogP contribution >= 0.6 is 0 Å². The Morgan fingerprint density at radius 1 is 1.25 bits per heavy atom. The smallest absolute Gasteiger partial charge is 0.234 e. The van der Waals surface area contributed by atoms with Crippen molar-refractivity contribution in [2.75, 3.05) is 26.7 Å². The van der Waals surface area contributed by atoms with Gasteiger partial charge in [0.2, 0.25) is 5.91 Å². The molecule has 0 bridgehead atoms. The molecule has 0 saturated heterocycles. The molecule has 1 aromatic rings. The standard InChI is InChI=1S/C16H26N2O2/c1-13-6-8-14(9-7-13)20-11-10-18(5)12-15(19)17-16(2,3)4/h6-9H,10-12H2,1-5H3,(H,17,19). The third-order valence-electron chi connectivity index (χ3n) is 2.69. The van der Waals surface area contributed by atoms with E-state index < -0.39 is 0 Å². The number of nitrogens with zero attached hydrogens (tertiary/aromatic N) is 1. The van der Waals surface area contributed by atoms with E-state index in [4.69, 9.17) is 4.74 Å². The molecule has 1 N–H and O–H groups in total. The van der Waals surface area contributed by atoms with Crippen LogP contribution in [0.1, 0.15) is 26.3 Å². The van der Waals surface area contributed by atoms with Crippen molar-refractivity contribution >= 4 is 5.91 Å². The van der Waals surface area contributed by atoms with Crippen LogP contribution in [-0.4, -0.2) is 43.1 Å². The van der Waals surface area contributed by atoms with Gasteiger partial charge in [-0.2, -0.15) is 0 Å². The van der Waals surface area contributed by atoms with Crippen LogP contribution in [-0.2, 0) is 4.79 Å². The van der Waals surface area contributed by atoms with Crippen molar-refractivity contribution in [3.63, 3.8) is 0 Å². The Morgan fingerprint density at radius 3 is 2.40 bits per heavy atom. The van der Waals surface area contributed by atoms with Crippen LogP contribution in [0.4, 0.5) is 0 Å². The molecular formula is C16H26N2O2. The summed E-state index contributed by atoms with van der Waals surface area (Å²) >= 11 is 0. The van der Waals surface area contributed by atoms with Gasteiger partial charge in [0, 0.05) is 12.1 Å². The molecule has 4 nitrogen and oxygen atoms in total. The Bertz CT molecular complexity index is 421. The maximum atomic E-state index is 11.7. The predicted molar refractivity (Wildman–Crippen MR) is 82.1 cm³/mol. The summed E-state index contributed by atoms with van der Waals surface area (Å²) in [5.74, 6) is 0.901. The number of rotatable bonds is 6. The zero-order chi connectivity index (χ0) is 15.2. The highest BCUT2D eigenvalue weighted by Gasteiger charge is 2.14. The molecule has 4 heteroatoms. The molecule has 0 heterocycles. The summed E-state index contributed by atoms with van der Waals surface area (Å²) in [6, 6.07) is 7.97. The van der Waals surface area contributed by atoms with Crippen LogP contribution in [0.25, 0.3) is 0 Å². The summed E-state index contributed by atoms with van der Waals surface area (Å²) in [5, 5.41) is 2.94. The molecule has 0 aromatic heterocycles. The van der Waals surface area contributed by atoms with Gasteiger partial charge < -0.3 is 10.1 Å². The Morgan fingerprint density at radius 2 is 1.85 bits per heavy atom. The molecule has 112 valence electrons. The molecule has 0 fully saturated rings. The first kappa shape index (κ1) is 16.5. The topological polar surface area (TPSA) is 41.6 Å². The van der Waals surface area contributed by atoms with Gasteiger partial charge in [-0.25, -0.2) is 0 Å². The van der Waals surface area contributed by atoms with Crippen molar-refractivity contribution in [2.45, 2.75) is 33.2 Å². The van der Waals surface area contributed by atoms with Gasteiger partial charge in [0.15, 0.2) is 0 Å². The fourth-order valence-electron chi connectivity index (χ4n) is 1.74. The highest BCUT2D eigenvalue weighted by Crippen LogP contribution is 2.11. The number of carbonyl (C=O) groups excluding carboxylic acids is 1. The Labute approximate surface area is 122 Å². The van der Waals surface area contributed by atoms with E-state index in [9.17, 15) is 4.79 Å². The van der Waals surface area contributed by atoms with Gasteiger partial charge in [-0.05, 0) is 46.9 Å². The molecule has 0 atom stereocenters. The predicted octanol–water partition coefficient (Wildman–Crippen LogP) is 2.22. The number of amides is 1. The molecule has 0 spiro atoms. The first-order chi connectivity index (χ1) is 9.26. The van der Waals surface area contributed by atoms with E-state index in [1.165, 1.54) is 5.56 Å². The van der Waals surface area contributed by atoms with Crippen molar-refractivity contribution in [1.82, 2.24) is 10.2 Å². The first-order valence-corrected chi connectivity index (χ1v) is 6.95. The van der Waals surface area contributed by atoms with Crippen molar-refractivity contribution in [2.24, 2.45) is 0 Å². The summed E-state index contributed by atoms with van der Waals surface area (Å²) in [6.07, 6.45) is 0. The normalized spacial score (nSPS) is 11.5. The third-order valence-corrected chi connectivity index (χ3v) is 2.69. The second-order valence-electron chi connectivity index (χ2n) is 6.20. The Kier molecular flexibility index (Phi) is 6.02. The number of nitrogens with one attached hydrogen (secondary N) is 1. The van der Waals surface area contributed by atoms with Crippen molar-refractivity contribution < 1.29 is 9.53 Å². The second kappa shape index (κ2) is 7.29. The maximum absolute atomic E-state index is 11.7. The summed E-state index contributed by atoms with van der Waals surface area (Å²) in [5.41, 5.74) is 1.03. The lowest BCUT2D eigenvalue weighted by atomic mass is 10.1. The SMILES string of the molecule is Cc1ccc(OCCN(C)CC(=O)NC(C)(C)C)cc1. The number of hydrogen-bond donors (Lipinski definition) is 1. The summed E-state index contributed by atoms with van der Waals surface area (Å²) in [4.78, 5) is 13.7. The molecule has 0 radical (unpaired) electrons. The largest absolute Gasteiger partial charge is 0.492 e. The van der Waals surface area contributed by atoms with Gasteiger partial charge in [-0.3, -0.25) is 9.69 Å². The van der Waals surface area contributed by atoms with Gasteiger partial charge in [0.25, 0.3) is 0 Å². The second-order valence-corrected chi connectivity index (χ2v) is 6.20. The molecule has 0 aliphatic heterocycles. The zero-order valence-electron chi connectivity index (χ0n) is 13.2. The molecule has 0 aliphatic rings. The number of hydrogen-bond acceptors (Lipinski definition) is 3. The average molecular weight is 278 g/mol. The van der Waals surface area contributed by atoms with Crippen LogP contribution in [0.3, 0.4) is 0 Å². The van der Waals surface area contributed by atoms with Crippen LogP contribution in [0, 0.1) is 6.92 Å². The number of carbonyl (C=O) groups is 1. The van der Waals surface area contributed by atoms with Crippen molar-refractivity contribution in [3.05, 3.63) is 29.8 Å². The van der Waals surface area contributed by atoms with E-state index in [-0.39, 0.29) is 11.4 Å². The van der Waals surface area contributed by atoms with Crippen molar-refractivity contribution in [3.8, 4) is 5.75 Å². The quantitative estimate of drug-likeness (QED) is 0.867. The van der Waals surface area contributed by atoms with Gasteiger partial charge in [0.05, 0.1) is 6.54 Å². The van der Waals surface area contributed by atoms with E-state index in [0.29, 0.717) is 19.7 Å². The average Bonchev–Trinajstić information content (AvgIpc) is 2.29. The summed E-state index contributed by atoms with van der Waals surface area (Å²) in [7, 11) is 1.92. The number of likely N-dealkylation sites (N-methyl/N-ethyl adjacent to an activating group) is 1. The van der Waals surface area contributed by atoms with Crippen LogP contribution < -0.4 is 10.1 Å². The monoisotopic (exact) mass is 278 g/mol. The molecular weight excluding hydrogens is 252 g/mol. The third kappa shape index (κ3) is 7.14. The minimum atomic E-state index is -0.184. The van der Waals surface area contributed by atoms with Gasteiger partial charge in [0.1, 0.15) is 12.4 Å². The van der Waals surface area contributed by atoms with Gasteiger partial charge in [-0.15, -0.1) is 0 Å². The van der Waals surface area contributed by atoms with E-state index >= 15 is 0 Å². The number of ether oxygens (including phenoxy) is 1. The van der Waals surface area contributed by atoms with Gasteiger partial charge in [-0.1, -0.05) is 17.7 Å². The fourth-order valence-corrected chi connectivity index (χ4v) is 1.74. The highest BCUT2D eigenvalue weighted by atomic mass is 16.5. The molecule has 1 rings (SSSR count). The molecule has 0 unspecified atom stereocenters. The van der Waals surface area contributed by atoms with Crippen LogP contribution in [0.2, 0.25) is 0 Å².